The zero-order valence-electron chi connectivity index (χ0n) is 10.1. The molecule has 1 saturated heterocycles. The lowest BCUT2D eigenvalue weighted by Crippen LogP contribution is -2.32. The summed E-state index contributed by atoms with van der Waals surface area (Å²) in [5, 5.41) is 3.67. The highest BCUT2D eigenvalue weighted by molar-refractivity contribution is 7.16. The Morgan fingerprint density at radius 3 is 2.94 bits per heavy atom. The number of nitrogens with zero attached hydrogens (tertiary/aromatic N) is 2. The highest BCUT2D eigenvalue weighted by Crippen LogP contribution is 2.31. The second-order valence-corrected chi connectivity index (χ2v) is 5.73. The summed E-state index contributed by atoms with van der Waals surface area (Å²) in [5.74, 6) is 0.185. The highest BCUT2D eigenvalue weighted by Gasteiger charge is 2.25. The van der Waals surface area contributed by atoms with Crippen LogP contribution in [0.3, 0.4) is 0 Å². The first-order valence-electron chi connectivity index (χ1n) is 6.28. The second kappa shape index (κ2) is 4.68. The number of amides is 1. The van der Waals surface area contributed by atoms with Crippen molar-refractivity contribution >= 4 is 28.2 Å². The molecule has 1 aromatic rings. The van der Waals surface area contributed by atoms with E-state index in [2.05, 4.69) is 10.3 Å². The number of thiazole rings is 1. The lowest BCUT2D eigenvalue weighted by Gasteiger charge is -2.16. The molecule has 18 heavy (non-hydrogen) atoms. The summed E-state index contributed by atoms with van der Waals surface area (Å²) < 4.78 is 0. The van der Waals surface area contributed by atoms with E-state index in [1.807, 2.05) is 4.90 Å². The molecule has 0 atom stereocenters. The number of Topliss-reactive ketones (excluding diaryl/α,β-unsaturated/α-hetero) is 1. The molecule has 0 spiro atoms. The van der Waals surface area contributed by atoms with Crippen LogP contribution >= 0.6 is 11.3 Å². The molecule has 1 fully saturated rings. The SMILES string of the molecule is O=C1CN(c2nc3c(s2)CCCC3=O)CCCN1. The largest absolute Gasteiger partial charge is 0.354 e. The van der Waals surface area contributed by atoms with Gasteiger partial charge in [-0.1, -0.05) is 0 Å². The van der Waals surface area contributed by atoms with Gasteiger partial charge in [-0.05, 0) is 19.3 Å². The summed E-state index contributed by atoms with van der Waals surface area (Å²) in [7, 11) is 0. The maximum Gasteiger partial charge on any atom is 0.239 e. The quantitative estimate of drug-likeness (QED) is 0.822. The molecular formula is C12H15N3O2S. The molecule has 1 aliphatic heterocycles. The Morgan fingerprint density at radius 2 is 2.11 bits per heavy atom. The molecule has 0 aromatic carbocycles. The number of aromatic nitrogens is 1. The van der Waals surface area contributed by atoms with Crippen LogP contribution in [0.25, 0.3) is 0 Å². The van der Waals surface area contributed by atoms with E-state index in [0.717, 1.165) is 42.4 Å². The van der Waals surface area contributed by atoms with Crippen LogP contribution in [-0.4, -0.2) is 36.3 Å². The number of ketones is 1. The molecule has 0 unspecified atom stereocenters. The van der Waals surface area contributed by atoms with Gasteiger partial charge in [0.1, 0.15) is 5.69 Å². The number of hydrogen-bond acceptors (Lipinski definition) is 5. The molecular weight excluding hydrogens is 250 g/mol. The van der Waals surface area contributed by atoms with Crippen molar-refractivity contribution in [3.8, 4) is 0 Å². The third kappa shape index (κ3) is 2.12. The lowest BCUT2D eigenvalue weighted by molar-refractivity contribution is -0.119. The second-order valence-electron chi connectivity index (χ2n) is 4.67. The van der Waals surface area contributed by atoms with Crippen LogP contribution < -0.4 is 10.2 Å². The highest BCUT2D eigenvalue weighted by atomic mass is 32.1. The molecule has 1 aliphatic carbocycles. The number of carbonyl (C=O) groups is 2. The van der Waals surface area contributed by atoms with Crippen LogP contribution in [0.5, 0.6) is 0 Å². The van der Waals surface area contributed by atoms with Gasteiger partial charge < -0.3 is 10.2 Å². The Labute approximate surface area is 109 Å². The first kappa shape index (κ1) is 11.6. The first-order valence-corrected chi connectivity index (χ1v) is 7.10. The summed E-state index contributed by atoms with van der Waals surface area (Å²) in [6.07, 6.45) is 3.40. The van der Waals surface area contributed by atoms with Gasteiger partial charge in [-0.15, -0.1) is 11.3 Å². The van der Waals surface area contributed by atoms with Gasteiger partial charge in [0.05, 0.1) is 6.54 Å². The first-order chi connectivity index (χ1) is 8.74. The van der Waals surface area contributed by atoms with E-state index in [1.165, 1.54) is 0 Å². The Kier molecular flexibility index (Phi) is 3.03. The topological polar surface area (TPSA) is 62.3 Å². The van der Waals surface area contributed by atoms with E-state index in [9.17, 15) is 9.59 Å². The molecule has 1 amide bonds. The predicted octanol–water partition coefficient (Wildman–Crippen LogP) is 0.988. The molecule has 2 heterocycles. The van der Waals surface area contributed by atoms with Crippen molar-refractivity contribution in [2.24, 2.45) is 0 Å². The molecule has 2 aliphatic rings. The molecule has 6 heteroatoms. The summed E-state index contributed by atoms with van der Waals surface area (Å²) in [6, 6.07) is 0. The third-order valence-electron chi connectivity index (χ3n) is 3.29. The molecule has 0 saturated carbocycles. The minimum absolute atomic E-state index is 0.0343. The molecule has 1 aromatic heterocycles. The standard InChI is InChI=1S/C12H15N3O2S/c16-8-3-1-4-9-11(8)14-12(18-9)15-6-2-5-13-10(17)7-15/h1-7H2,(H,13,17). The maximum absolute atomic E-state index is 11.8. The lowest BCUT2D eigenvalue weighted by atomic mass is 10.0. The van der Waals surface area contributed by atoms with E-state index in [-0.39, 0.29) is 11.7 Å². The summed E-state index contributed by atoms with van der Waals surface area (Å²) in [4.78, 5) is 30.8. The van der Waals surface area contributed by atoms with Crippen molar-refractivity contribution in [1.82, 2.24) is 10.3 Å². The van der Waals surface area contributed by atoms with Crippen molar-refractivity contribution in [2.45, 2.75) is 25.7 Å². The minimum atomic E-state index is 0.0343. The van der Waals surface area contributed by atoms with Crippen molar-refractivity contribution in [3.63, 3.8) is 0 Å². The Balaban J connectivity index is 1.87. The Morgan fingerprint density at radius 1 is 1.22 bits per heavy atom. The van der Waals surface area contributed by atoms with Crippen LogP contribution in [0.15, 0.2) is 0 Å². The van der Waals surface area contributed by atoms with Gasteiger partial charge in [0.25, 0.3) is 0 Å². The fourth-order valence-electron chi connectivity index (χ4n) is 2.36. The molecule has 1 N–H and O–H groups in total. The monoisotopic (exact) mass is 265 g/mol. The number of nitrogens with one attached hydrogen (secondary N) is 1. The van der Waals surface area contributed by atoms with Gasteiger partial charge in [-0.3, -0.25) is 9.59 Å². The van der Waals surface area contributed by atoms with Crippen molar-refractivity contribution in [2.75, 3.05) is 24.5 Å². The summed E-state index contributed by atoms with van der Waals surface area (Å²) in [5.41, 5.74) is 0.644. The van der Waals surface area contributed by atoms with E-state index < -0.39 is 0 Å². The van der Waals surface area contributed by atoms with Gasteiger partial charge in [0, 0.05) is 24.4 Å². The number of hydrogen-bond donors (Lipinski definition) is 1. The average molecular weight is 265 g/mol. The van der Waals surface area contributed by atoms with Crippen LogP contribution in [-0.2, 0) is 11.2 Å². The van der Waals surface area contributed by atoms with Crippen LogP contribution in [0, 0.1) is 0 Å². The number of anilines is 1. The summed E-state index contributed by atoms with van der Waals surface area (Å²) >= 11 is 1.57. The number of rotatable bonds is 1. The smallest absolute Gasteiger partial charge is 0.239 e. The van der Waals surface area contributed by atoms with Gasteiger partial charge in [0.2, 0.25) is 5.91 Å². The Bertz CT molecular complexity index is 498. The molecule has 0 bridgehead atoms. The molecule has 0 radical (unpaired) electrons. The Hall–Kier alpha value is -1.43. The molecule has 5 nitrogen and oxygen atoms in total. The maximum atomic E-state index is 11.8. The van der Waals surface area contributed by atoms with Crippen molar-refractivity contribution < 1.29 is 9.59 Å². The zero-order chi connectivity index (χ0) is 12.5. The predicted molar refractivity (Wildman–Crippen MR) is 69.2 cm³/mol. The van der Waals surface area contributed by atoms with Gasteiger partial charge in [-0.25, -0.2) is 4.98 Å². The van der Waals surface area contributed by atoms with E-state index in [4.69, 9.17) is 0 Å². The van der Waals surface area contributed by atoms with Crippen LogP contribution in [0.1, 0.15) is 34.6 Å². The minimum Gasteiger partial charge on any atom is -0.354 e. The number of carbonyl (C=O) groups excluding carboxylic acids is 2. The normalized spacial score (nSPS) is 20.3. The third-order valence-corrected chi connectivity index (χ3v) is 4.47. The fraction of sp³-hybridized carbons (Fsp3) is 0.583. The van der Waals surface area contributed by atoms with Gasteiger partial charge in [0.15, 0.2) is 10.9 Å². The van der Waals surface area contributed by atoms with Crippen molar-refractivity contribution in [3.05, 3.63) is 10.6 Å². The van der Waals surface area contributed by atoms with Crippen LogP contribution in [0.4, 0.5) is 5.13 Å². The van der Waals surface area contributed by atoms with Gasteiger partial charge in [-0.2, -0.15) is 0 Å². The zero-order valence-corrected chi connectivity index (χ0v) is 10.9. The van der Waals surface area contributed by atoms with E-state index >= 15 is 0 Å². The molecule has 96 valence electrons. The van der Waals surface area contributed by atoms with Crippen molar-refractivity contribution in [1.29, 1.82) is 0 Å². The van der Waals surface area contributed by atoms with E-state index in [1.54, 1.807) is 11.3 Å². The fourth-order valence-corrected chi connectivity index (χ4v) is 3.50. The molecule has 3 rings (SSSR count). The van der Waals surface area contributed by atoms with Gasteiger partial charge >= 0.3 is 0 Å². The summed E-state index contributed by atoms with van der Waals surface area (Å²) in [6.45, 7) is 1.89. The van der Waals surface area contributed by atoms with E-state index in [0.29, 0.717) is 18.7 Å². The van der Waals surface area contributed by atoms with Crippen LogP contribution in [0.2, 0.25) is 0 Å². The number of fused-ring (bicyclic) bond motifs is 1. The number of aryl methyl sites for hydroxylation is 1. The average Bonchev–Trinajstić information content (AvgIpc) is 2.67.